The minimum absolute atomic E-state index is 0.272. The molecule has 36 heavy (non-hydrogen) atoms. The molecule has 188 valence electrons. The third kappa shape index (κ3) is 5.82. The van der Waals surface area contributed by atoms with Gasteiger partial charge in [-0.2, -0.15) is 9.97 Å². The van der Waals surface area contributed by atoms with Gasteiger partial charge in [0.05, 0.1) is 33.0 Å². The molecule has 6 heterocycles. The van der Waals surface area contributed by atoms with Crippen molar-refractivity contribution in [1.29, 1.82) is 0 Å². The molecule has 10 nitrogen and oxygen atoms in total. The van der Waals surface area contributed by atoms with E-state index in [1.165, 1.54) is 11.4 Å². The predicted octanol–water partition coefficient (Wildman–Crippen LogP) is 4.44. The Bertz CT molecular complexity index is 1200. The summed E-state index contributed by atoms with van der Waals surface area (Å²) < 4.78 is 1.73. The van der Waals surface area contributed by atoms with E-state index in [2.05, 4.69) is 81.5 Å². The van der Waals surface area contributed by atoms with E-state index in [4.69, 9.17) is 23.2 Å². The van der Waals surface area contributed by atoms with Gasteiger partial charge in [-0.05, 0) is 55.1 Å². The first kappa shape index (κ1) is 25.4. The average molecular weight is 657 g/mol. The summed E-state index contributed by atoms with van der Waals surface area (Å²) >= 11 is 18.7. The lowest BCUT2D eigenvalue weighted by atomic mass is 10.2. The highest BCUT2D eigenvalue weighted by molar-refractivity contribution is 9.11. The van der Waals surface area contributed by atoms with Crippen molar-refractivity contribution in [2.75, 3.05) is 36.0 Å². The molecule has 6 rings (SSSR count). The summed E-state index contributed by atoms with van der Waals surface area (Å²) in [6, 6.07) is 0. The second-order valence-corrected chi connectivity index (χ2v) is 10.6. The van der Waals surface area contributed by atoms with E-state index in [0.29, 0.717) is 0 Å². The van der Waals surface area contributed by atoms with Crippen molar-refractivity contribution >= 4 is 66.7 Å². The van der Waals surface area contributed by atoms with Gasteiger partial charge in [0.25, 0.3) is 0 Å². The fourth-order valence-corrected chi connectivity index (χ4v) is 5.44. The van der Waals surface area contributed by atoms with Crippen LogP contribution in [0.1, 0.15) is 22.8 Å². The van der Waals surface area contributed by atoms with Crippen molar-refractivity contribution in [1.82, 2.24) is 39.9 Å². The molecule has 2 aliphatic rings. The molecule has 4 aromatic rings. The summed E-state index contributed by atoms with van der Waals surface area (Å²) in [4.78, 5) is 35.9. The first-order valence-electron chi connectivity index (χ1n) is 11.4. The maximum absolute atomic E-state index is 5.86. The first-order valence-corrected chi connectivity index (χ1v) is 13.7. The normalized spacial score (nSPS) is 15.3. The molecule has 2 aliphatic heterocycles. The van der Waals surface area contributed by atoms with Gasteiger partial charge in [-0.25, -0.2) is 19.9 Å². The molecular weight excluding hydrogens is 635 g/mol. The molecule has 4 aromatic heterocycles. The molecule has 0 saturated heterocycles. The molecule has 0 fully saturated rings. The van der Waals surface area contributed by atoms with E-state index in [1.54, 1.807) is 25.0 Å². The minimum atomic E-state index is 0.272. The Morgan fingerprint density at radius 1 is 0.639 bits per heavy atom. The molecule has 14 heteroatoms. The smallest absolute Gasteiger partial charge is 0.224 e. The minimum Gasteiger partial charge on any atom is -0.355 e. The van der Waals surface area contributed by atoms with Gasteiger partial charge < -0.3 is 19.8 Å². The van der Waals surface area contributed by atoms with Crippen molar-refractivity contribution < 1.29 is 0 Å². The van der Waals surface area contributed by atoms with E-state index < -0.39 is 0 Å². The highest BCUT2D eigenvalue weighted by Crippen LogP contribution is 2.27. The quantitative estimate of drug-likeness (QED) is 0.305. The van der Waals surface area contributed by atoms with E-state index >= 15 is 0 Å². The lowest BCUT2D eigenvalue weighted by molar-refractivity contribution is 0.775. The van der Waals surface area contributed by atoms with Crippen LogP contribution < -0.4 is 9.80 Å². The zero-order valence-corrected chi connectivity index (χ0v) is 23.7. The lowest BCUT2D eigenvalue weighted by Crippen LogP contribution is -2.27. The van der Waals surface area contributed by atoms with E-state index in [9.17, 15) is 0 Å². The van der Waals surface area contributed by atoms with Gasteiger partial charge in [-0.15, -0.1) is 0 Å². The van der Waals surface area contributed by atoms with Crippen LogP contribution in [-0.2, 0) is 25.7 Å². The molecule has 0 aromatic carbocycles. The van der Waals surface area contributed by atoms with Crippen molar-refractivity contribution in [3.05, 3.63) is 67.3 Å². The summed E-state index contributed by atoms with van der Waals surface area (Å²) in [5, 5.41) is 0.545. The molecule has 0 saturated carbocycles. The molecule has 0 unspecified atom stereocenters. The number of aromatic amines is 2. The topological polar surface area (TPSA) is 115 Å². The Hall–Kier alpha value is -2.28. The zero-order chi connectivity index (χ0) is 25.1. The number of nitrogens with one attached hydrogen (secondary N) is 2. The van der Waals surface area contributed by atoms with E-state index in [-0.39, 0.29) is 10.6 Å². The van der Waals surface area contributed by atoms with Crippen LogP contribution in [0, 0.1) is 0 Å². The fraction of sp³-hybridized carbons (Fsp3) is 0.364. The number of H-pyrrole nitrogens is 2. The summed E-state index contributed by atoms with van der Waals surface area (Å²) in [7, 11) is 0. The van der Waals surface area contributed by atoms with E-state index in [1.807, 2.05) is 0 Å². The van der Waals surface area contributed by atoms with Crippen LogP contribution in [0.25, 0.3) is 0 Å². The van der Waals surface area contributed by atoms with Gasteiger partial charge in [0.1, 0.15) is 11.6 Å². The van der Waals surface area contributed by atoms with Gasteiger partial charge in [0.2, 0.25) is 10.6 Å². The molecule has 2 N–H and O–H groups in total. The number of nitrogens with zero attached hydrogens (tertiary/aromatic N) is 8. The van der Waals surface area contributed by atoms with Crippen molar-refractivity contribution in [3.8, 4) is 0 Å². The van der Waals surface area contributed by atoms with Gasteiger partial charge in [0, 0.05) is 75.6 Å². The van der Waals surface area contributed by atoms with Crippen LogP contribution in [0.15, 0.2) is 34.0 Å². The highest BCUT2D eigenvalue weighted by Gasteiger charge is 2.20. The van der Waals surface area contributed by atoms with Crippen LogP contribution in [0.2, 0.25) is 10.6 Å². The second kappa shape index (κ2) is 11.4. The van der Waals surface area contributed by atoms with Crippen LogP contribution in [-0.4, -0.2) is 66.1 Å². The number of hydrogen-bond donors (Lipinski definition) is 2. The van der Waals surface area contributed by atoms with Crippen LogP contribution >= 0.6 is 55.1 Å². The number of rotatable bonds is 2. The molecule has 0 atom stereocenters. The third-order valence-electron chi connectivity index (χ3n) is 6.11. The summed E-state index contributed by atoms with van der Waals surface area (Å²) in [5.41, 5.74) is 4.73. The zero-order valence-electron chi connectivity index (χ0n) is 19.1. The van der Waals surface area contributed by atoms with Crippen molar-refractivity contribution in [2.24, 2.45) is 0 Å². The molecule has 0 radical (unpaired) electrons. The second-order valence-electron chi connectivity index (χ2n) is 8.25. The molecule has 0 amide bonds. The maximum Gasteiger partial charge on any atom is 0.224 e. The Morgan fingerprint density at radius 3 is 1.50 bits per heavy atom. The van der Waals surface area contributed by atoms with Crippen LogP contribution in [0.3, 0.4) is 0 Å². The Kier molecular flexibility index (Phi) is 8.04. The number of imidazole rings is 2. The maximum atomic E-state index is 5.86. The highest BCUT2D eigenvalue weighted by atomic mass is 79.9. The first-order chi connectivity index (χ1) is 17.5. The Labute approximate surface area is 234 Å². The SMILES string of the molecule is Clc1ncc(Br)c(N2CCc3nc[nH]c3CC2)n1.Clc1ncc(Br)c(N2CCc3nc[nH]c3CC2)n1. The van der Waals surface area contributed by atoms with Crippen LogP contribution in [0.5, 0.6) is 0 Å². The fourth-order valence-electron chi connectivity index (χ4n) is 4.30. The number of aromatic nitrogens is 8. The van der Waals surface area contributed by atoms with Crippen molar-refractivity contribution in [3.63, 3.8) is 0 Å². The number of halogens is 4. The van der Waals surface area contributed by atoms with Gasteiger partial charge in [0.15, 0.2) is 0 Å². The summed E-state index contributed by atoms with van der Waals surface area (Å²) in [6.07, 6.45) is 10.6. The monoisotopic (exact) mass is 654 g/mol. The van der Waals surface area contributed by atoms with Crippen LogP contribution in [0.4, 0.5) is 11.6 Å². The van der Waals surface area contributed by atoms with Gasteiger partial charge >= 0.3 is 0 Å². The summed E-state index contributed by atoms with van der Waals surface area (Å²) in [5.74, 6) is 1.69. The van der Waals surface area contributed by atoms with Gasteiger partial charge in [-0.3, -0.25) is 0 Å². The number of anilines is 2. The predicted molar refractivity (Wildman–Crippen MR) is 146 cm³/mol. The molecular formula is C22H22Br2Cl2N10. The lowest BCUT2D eigenvalue weighted by Gasteiger charge is -2.22. The Morgan fingerprint density at radius 2 is 1.06 bits per heavy atom. The van der Waals surface area contributed by atoms with Gasteiger partial charge in [-0.1, -0.05) is 0 Å². The number of fused-ring (bicyclic) bond motifs is 2. The largest absolute Gasteiger partial charge is 0.355 e. The Balaban J connectivity index is 0.000000148. The number of hydrogen-bond acceptors (Lipinski definition) is 8. The summed E-state index contributed by atoms with van der Waals surface area (Å²) in [6.45, 7) is 3.54. The standard InChI is InChI=1S/2C11H11BrClN5/c2*12-7-5-14-11(13)17-10(7)18-3-1-8-9(2-4-18)16-6-15-8/h2*5-6H,1-4H2,(H,15,16). The van der Waals surface area contributed by atoms with Crippen molar-refractivity contribution in [2.45, 2.75) is 25.7 Å². The average Bonchev–Trinajstić information content (AvgIpc) is 3.42. The van der Waals surface area contributed by atoms with E-state index in [0.717, 1.165) is 83.8 Å². The molecule has 0 aliphatic carbocycles. The molecule has 0 spiro atoms. The third-order valence-corrected chi connectivity index (χ3v) is 7.59. The molecule has 0 bridgehead atoms.